The Hall–Kier alpha value is -1.40. The van der Waals surface area contributed by atoms with Gasteiger partial charge < -0.3 is 15.7 Å². The summed E-state index contributed by atoms with van der Waals surface area (Å²) in [7, 11) is 0. The second-order valence-electron chi connectivity index (χ2n) is 6.41. The van der Waals surface area contributed by atoms with Crippen molar-refractivity contribution in [3.63, 3.8) is 0 Å². The molecule has 0 saturated carbocycles. The highest BCUT2D eigenvalue weighted by Crippen LogP contribution is 2.15. The highest BCUT2D eigenvalue weighted by atomic mass is 35.5. The van der Waals surface area contributed by atoms with Crippen LogP contribution in [0.5, 0.6) is 0 Å². The van der Waals surface area contributed by atoms with Crippen LogP contribution < -0.4 is 10.6 Å². The lowest BCUT2D eigenvalue weighted by Gasteiger charge is -2.14. The van der Waals surface area contributed by atoms with Gasteiger partial charge in [0, 0.05) is 43.4 Å². The summed E-state index contributed by atoms with van der Waals surface area (Å²) in [5, 5.41) is 21.2. The Kier molecular flexibility index (Phi) is 6.80. The molecule has 2 aromatic rings. The maximum Gasteiger partial charge on any atom is 0.0716 e. The van der Waals surface area contributed by atoms with Crippen LogP contribution in [0.3, 0.4) is 0 Å². The minimum Gasteiger partial charge on any atom is -0.391 e. The molecular weight excluding hydrogens is 324 g/mol. The van der Waals surface area contributed by atoms with Crippen LogP contribution in [-0.2, 0) is 13.1 Å². The number of rotatable bonds is 6. The Balaban J connectivity index is 0.00000208. The summed E-state index contributed by atoms with van der Waals surface area (Å²) in [5.74, 6) is 0.301. The Morgan fingerprint density at radius 3 is 2.67 bits per heavy atom. The van der Waals surface area contributed by atoms with Crippen LogP contribution in [-0.4, -0.2) is 40.6 Å². The third-order valence-corrected chi connectivity index (χ3v) is 4.72. The van der Waals surface area contributed by atoms with E-state index in [4.69, 9.17) is 0 Å². The number of nitrogens with one attached hydrogen (secondary N) is 2. The zero-order chi connectivity index (χ0) is 16.2. The van der Waals surface area contributed by atoms with Gasteiger partial charge in [-0.3, -0.25) is 4.68 Å². The van der Waals surface area contributed by atoms with Crippen LogP contribution in [0.2, 0.25) is 0 Å². The number of aromatic nitrogens is 2. The molecule has 1 aromatic carbocycles. The van der Waals surface area contributed by atoms with Crippen molar-refractivity contribution in [3.8, 4) is 0 Å². The third kappa shape index (κ3) is 4.36. The number of benzene rings is 1. The maximum absolute atomic E-state index is 9.84. The van der Waals surface area contributed by atoms with Crippen LogP contribution in [0.25, 0.3) is 0 Å². The van der Waals surface area contributed by atoms with Crippen LogP contribution >= 0.6 is 12.4 Å². The topological polar surface area (TPSA) is 62.1 Å². The fourth-order valence-electron chi connectivity index (χ4n) is 3.21. The molecule has 0 amide bonds. The lowest BCUT2D eigenvalue weighted by molar-refractivity contribution is 0.146. The van der Waals surface area contributed by atoms with Crippen molar-refractivity contribution in [2.45, 2.75) is 33.0 Å². The number of hydrogen-bond donors (Lipinski definition) is 3. The molecule has 6 heteroatoms. The summed E-state index contributed by atoms with van der Waals surface area (Å²) in [4.78, 5) is 0. The van der Waals surface area contributed by atoms with Crippen molar-refractivity contribution in [1.82, 2.24) is 20.4 Å². The SMILES string of the molecule is Cc1nn(Cc2ccccc2)c(C)c1CNCC1CNCC1O.Cl. The van der Waals surface area contributed by atoms with E-state index in [1.807, 2.05) is 6.07 Å². The van der Waals surface area contributed by atoms with Crippen molar-refractivity contribution in [2.75, 3.05) is 19.6 Å². The second-order valence-corrected chi connectivity index (χ2v) is 6.41. The summed E-state index contributed by atoms with van der Waals surface area (Å²) < 4.78 is 2.08. The Labute approximate surface area is 149 Å². The molecule has 0 bridgehead atoms. The highest BCUT2D eigenvalue weighted by molar-refractivity contribution is 5.85. The van der Waals surface area contributed by atoms with Gasteiger partial charge in [-0.15, -0.1) is 12.4 Å². The molecule has 3 rings (SSSR count). The number of halogens is 1. The van der Waals surface area contributed by atoms with E-state index in [9.17, 15) is 5.11 Å². The summed E-state index contributed by atoms with van der Waals surface area (Å²) in [6, 6.07) is 10.4. The Morgan fingerprint density at radius 1 is 1.25 bits per heavy atom. The van der Waals surface area contributed by atoms with Gasteiger partial charge in [-0.1, -0.05) is 30.3 Å². The van der Waals surface area contributed by atoms with Gasteiger partial charge in [-0.25, -0.2) is 0 Å². The fraction of sp³-hybridized carbons (Fsp3) is 0.500. The van der Waals surface area contributed by atoms with Gasteiger partial charge >= 0.3 is 0 Å². The standard InChI is InChI=1S/C18H26N4O.ClH/c1-13-17(10-19-8-16-9-20-11-18(16)23)14(2)22(21-13)12-15-6-4-3-5-7-15;/h3-7,16,18-20,23H,8-12H2,1-2H3;1H. The smallest absolute Gasteiger partial charge is 0.0716 e. The van der Waals surface area contributed by atoms with Gasteiger partial charge in [-0.2, -0.15) is 5.10 Å². The van der Waals surface area contributed by atoms with Crippen molar-refractivity contribution < 1.29 is 5.11 Å². The van der Waals surface area contributed by atoms with Crippen LogP contribution in [0.15, 0.2) is 30.3 Å². The molecule has 1 aliphatic rings. The van der Waals surface area contributed by atoms with Gasteiger partial charge in [0.2, 0.25) is 0 Å². The van der Waals surface area contributed by atoms with Gasteiger partial charge in [0.05, 0.1) is 18.3 Å². The monoisotopic (exact) mass is 350 g/mol. The molecule has 0 spiro atoms. The summed E-state index contributed by atoms with van der Waals surface area (Å²) in [6.07, 6.45) is -0.231. The van der Waals surface area contributed by atoms with Crippen molar-refractivity contribution in [3.05, 3.63) is 52.8 Å². The molecule has 132 valence electrons. The molecule has 3 N–H and O–H groups in total. The molecular formula is C18H27ClN4O. The summed E-state index contributed by atoms with van der Waals surface area (Å²) in [6.45, 7) is 8.23. The predicted octanol–water partition coefficient (Wildman–Crippen LogP) is 1.64. The molecule has 0 radical (unpaired) electrons. The Bertz CT molecular complexity index is 644. The average molecular weight is 351 g/mol. The molecule has 1 saturated heterocycles. The molecule has 5 nitrogen and oxygen atoms in total. The lowest BCUT2D eigenvalue weighted by Crippen LogP contribution is -2.30. The minimum absolute atomic E-state index is 0. The molecule has 1 aromatic heterocycles. The van der Waals surface area contributed by atoms with E-state index in [-0.39, 0.29) is 18.5 Å². The van der Waals surface area contributed by atoms with E-state index >= 15 is 0 Å². The van der Waals surface area contributed by atoms with Crippen LogP contribution in [0, 0.1) is 19.8 Å². The van der Waals surface area contributed by atoms with E-state index in [2.05, 4.69) is 58.5 Å². The molecule has 1 aliphatic heterocycles. The first-order valence-electron chi connectivity index (χ1n) is 8.31. The van der Waals surface area contributed by atoms with Gasteiger partial charge in [0.25, 0.3) is 0 Å². The Morgan fingerprint density at radius 2 is 2.00 bits per heavy atom. The molecule has 0 aliphatic carbocycles. The number of nitrogens with zero attached hydrogens (tertiary/aromatic N) is 2. The zero-order valence-corrected chi connectivity index (χ0v) is 15.1. The first kappa shape index (κ1) is 18.9. The van der Waals surface area contributed by atoms with Crippen molar-refractivity contribution in [2.24, 2.45) is 5.92 Å². The number of aliphatic hydroxyl groups excluding tert-OH is 1. The van der Waals surface area contributed by atoms with Crippen molar-refractivity contribution >= 4 is 12.4 Å². The maximum atomic E-state index is 9.84. The quantitative estimate of drug-likeness (QED) is 0.741. The number of aryl methyl sites for hydroxylation is 1. The van der Waals surface area contributed by atoms with E-state index in [1.54, 1.807) is 0 Å². The predicted molar refractivity (Wildman–Crippen MR) is 98.6 cm³/mol. The van der Waals surface area contributed by atoms with E-state index in [1.165, 1.54) is 16.8 Å². The average Bonchev–Trinajstić information content (AvgIpc) is 3.06. The first-order valence-corrected chi connectivity index (χ1v) is 8.31. The number of β-amino-alcohol motifs (C(OH)–C–C–N with tert-alkyl or cyclic N) is 1. The van der Waals surface area contributed by atoms with Gasteiger partial charge in [0.1, 0.15) is 0 Å². The third-order valence-electron chi connectivity index (χ3n) is 4.72. The normalized spacial score (nSPS) is 20.1. The second kappa shape index (κ2) is 8.62. The first-order chi connectivity index (χ1) is 11.1. The highest BCUT2D eigenvalue weighted by Gasteiger charge is 2.24. The molecule has 24 heavy (non-hydrogen) atoms. The van der Waals surface area contributed by atoms with Crippen molar-refractivity contribution in [1.29, 1.82) is 0 Å². The van der Waals surface area contributed by atoms with Crippen LogP contribution in [0.1, 0.15) is 22.5 Å². The fourth-order valence-corrected chi connectivity index (χ4v) is 3.21. The van der Waals surface area contributed by atoms with E-state index in [0.717, 1.165) is 31.9 Å². The van der Waals surface area contributed by atoms with Gasteiger partial charge in [-0.05, 0) is 19.4 Å². The largest absolute Gasteiger partial charge is 0.391 e. The van der Waals surface area contributed by atoms with E-state index < -0.39 is 0 Å². The summed E-state index contributed by atoms with van der Waals surface area (Å²) >= 11 is 0. The molecule has 2 unspecified atom stereocenters. The molecule has 1 fully saturated rings. The number of aliphatic hydroxyl groups is 1. The lowest BCUT2D eigenvalue weighted by atomic mass is 10.1. The zero-order valence-electron chi connectivity index (χ0n) is 14.3. The molecule has 2 atom stereocenters. The molecule has 2 heterocycles. The minimum atomic E-state index is -0.231. The van der Waals surface area contributed by atoms with Crippen LogP contribution in [0.4, 0.5) is 0 Å². The summed E-state index contributed by atoms with van der Waals surface area (Å²) in [5.41, 5.74) is 4.82. The van der Waals surface area contributed by atoms with Gasteiger partial charge in [0.15, 0.2) is 0 Å². The number of hydrogen-bond acceptors (Lipinski definition) is 4. The van der Waals surface area contributed by atoms with E-state index in [0.29, 0.717) is 12.5 Å².